The molecule has 0 amide bonds. The second kappa shape index (κ2) is 15.3. The van der Waals surface area contributed by atoms with Crippen molar-refractivity contribution in [2.45, 2.75) is 53.6 Å². The SMILES string of the molecule is C/C=C\C(=C/C(C)OC)c1ccc2c(c1)c1cc3c(cc1n2/C(C)=C(C)/C=C\N)-c1cc2c(cc1CC3)c1cc(-c3cccc(OC)c3)ccc1n2-c1cnccc1C. The van der Waals surface area contributed by atoms with Gasteiger partial charge in [-0.05, 0) is 188 Å². The van der Waals surface area contributed by atoms with Gasteiger partial charge in [0.2, 0.25) is 0 Å². The summed E-state index contributed by atoms with van der Waals surface area (Å²) in [5.41, 5.74) is 25.0. The molecule has 1 unspecified atom stereocenters. The number of methoxy groups -OCH3 is 2. The van der Waals surface area contributed by atoms with E-state index in [4.69, 9.17) is 15.2 Å². The Labute approximate surface area is 346 Å². The third kappa shape index (κ3) is 6.45. The number of ether oxygens (including phenoxy) is 2. The molecule has 9 rings (SSSR count). The van der Waals surface area contributed by atoms with Crippen LogP contribution in [0, 0.1) is 6.92 Å². The lowest BCUT2D eigenvalue weighted by Crippen LogP contribution is -2.05. The molecule has 0 saturated heterocycles. The van der Waals surface area contributed by atoms with Crippen LogP contribution in [0.25, 0.3) is 82.8 Å². The predicted molar refractivity (Wildman–Crippen MR) is 248 cm³/mol. The van der Waals surface area contributed by atoms with E-state index >= 15 is 0 Å². The van der Waals surface area contributed by atoms with Crippen molar-refractivity contribution in [2.75, 3.05) is 14.2 Å². The molecule has 0 fully saturated rings. The van der Waals surface area contributed by atoms with Gasteiger partial charge < -0.3 is 24.3 Å². The highest BCUT2D eigenvalue weighted by atomic mass is 16.5. The first-order valence-electron chi connectivity index (χ1n) is 20.4. The van der Waals surface area contributed by atoms with Crippen LogP contribution in [-0.2, 0) is 17.6 Å². The molecule has 0 aliphatic heterocycles. The van der Waals surface area contributed by atoms with E-state index in [0.29, 0.717) is 0 Å². The zero-order valence-corrected chi connectivity index (χ0v) is 34.9. The number of nitrogens with two attached hydrogens (primary N) is 1. The Morgan fingerprint density at radius 2 is 1.46 bits per heavy atom. The van der Waals surface area contributed by atoms with Crippen LogP contribution in [0.1, 0.15) is 49.9 Å². The van der Waals surface area contributed by atoms with Gasteiger partial charge in [0.25, 0.3) is 0 Å². The fourth-order valence-electron chi connectivity index (χ4n) is 9.07. The lowest BCUT2D eigenvalue weighted by molar-refractivity contribution is 0.157. The molecule has 294 valence electrons. The van der Waals surface area contributed by atoms with E-state index in [1.807, 2.05) is 24.5 Å². The van der Waals surface area contributed by atoms with Gasteiger partial charge in [-0.25, -0.2) is 0 Å². The fourth-order valence-corrected chi connectivity index (χ4v) is 9.07. The minimum atomic E-state index is -0.0107. The molecule has 3 aromatic heterocycles. The summed E-state index contributed by atoms with van der Waals surface area (Å²) in [5, 5.41) is 4.94. The fraction of sp³-hybridized carbons (Fsp3) is 0.189. The topological polar surface area (TPSA) is 67.2 Å². The van der Waals surface area contributed by atoms with E-state index in [2.05, 4.69) is 152 Å². The molecule has 6 heteroatoms. The second-order valence-electron chi connectivity index (χ2n) is 15.8. The summed E-state index contributed by atoms with van der Waals surface area (Å²) in [6.07, 6.45) is 15.8. The number of aromatic nitrogens is 3. The van der Waals surface area contributed by atoms with Crippen molar-refractivity contribution in [3.05, 3.63) is 162 Å². The Morgan fingerprint density at radius 3 is 2.17 bits per heavy atom. The van der Waals surface area contributed by atoms with Gasteiger partial charge in [-0.3, -0.25) is 4.98 Å². The van der Waals surface area contributed by atoms with E-state index < -0.39 is 0 Å². The van der Waals surface area contributed by atoms with Crippen LogP contribution in [0.3, 0.4) is 0 Å². The van der Waals surface area contributed by atoms with Crippen LogP contribution in [0.5, 0.6) is 5.75 Å². The Balaban J connectivity index is 1.31. The number of aryl methyl sites for hydroxylation is 3. The summed E-state index contributed by atoms with van der Waals surface area (Å²) in [7, 11) is 3.47. The molecular formula is C53H50N4O2. The largest absolute Gasteiger partial charge is 0.497 e. The molecule has 0 saturated carbocycles. The van der Waals surface area contributed by atoms with Gasteiger partial charge in [0.15, 0.2) is 0 Å². The maximum atomic E-state index is 5.95. The highest BCUT2D eigenvalue weighted by Gasteiger charge is 2.24. The summed E-state index contributed by atoms with van der Waals surface area (Å²) in [4.78, 5) is 4.61. The van der Waals surface area contributed by atoms with Gasteiger partial charge in [-0.15, -0.1) is 0 Å². The third-order valence-corrected chi connectivity index (χ3v) is 12.3. The van der Waals surface area contributed by atoms with E-state index in [9.17, 15) is 0 Å². The van der Waals surface area contributed by atoms with Gasteiger partial charge in [0, 0.05) is 40.5 Å². The van der Waals surface area contributed by atoms with Crippen LogP contribution in [0.4, 0.5) is 0 Å². The minimum Gasteiger partial charge on any atom is -0.497 e. The number of allylic oxidation sites excluding steroid dienone is 6. The van der Waals surface area contributed by atoms with Crippen molar-refractivity contribution in [1.29, 1.82) is 0 Å². The number of hydrogen-bond donors (Lipinski definition) is 1. The summed E-state index contributed by atoms with van der Waals surface area (Å²) in [6, 6.07) is 33.9. The van der Waals surface area contributed by atoms with Gasteiger partial charge in [-0.1, -0.05) is 36.4 Å². The monoisotopic (exact) mass is 774 g/mol. The molecule has 8 aromatic rings. The molecule has 6 nitrogen and oxygen atoms in total. The third-order valence-electron chi connectivity index (χ3n) is 12.3. The van der Waals surface area contributed by atoms with Gasteiger partial charge >= 0.3 is 0 Å². The van der Waals surface area contributed by atoms with Crippen molar-refractivity contribution >= 4 is 54.9 Å². The number of benzene rings is 5. The molecule has 0 radical (unpaired) electrons. The molecule has 1 aliphatic carbocycles. The van der Waals surface area contributed by atoms with Crippen LogP contribution in [0.15, 0.2) is 139 Å². The van der Waals surface area contributed by atoms with E-state index in [1.165, 1.54) is 65.9 Å². The first kappa shape index (κ1) is 37.9. The maximum absolute atomic E-state index is 5.95. The first-order chi connectivity index (χ1) is 28.7. The van der Waals surface area contributed by atoms with Crippen molar-refractivity contribution in [3.63, 3.8) is 0 Å². The van der Waals surface area contributed by atoms with Crippen LogP contribution < -0.4 is 10.5 Å². The Hall–Kier alpha value is -6.63. The molecule has 5 aromatic carbocycles. The normalized spacial score (nSPS) is 14.2. The first-order valence-corrected chi connectivity index (χ1v) is 20.4. The molecule has 1 atom stereocenters. The Kier molecular flexibility index (Phi) is 9.82. The van der Waals surface area contributed by atoms with E-state index in [1.54, 1.807) is 20.4 Å². The summed E-state index contributed by atoms with van der Waals surface area (Å²) < 4.78 is 16.1. The van der Waals surface area contributed by atoms with Crippen molar-refractivity contribution in [3.8, 4) is 33.7 Å². The summed E-state index contributed by atoms with van der Waals surface area (Å²) in [6.45, 7) is 10.6. The molecular weight excluding hydrogens is 725 g/mol. The van der Waals surface area contributed by atoms with Crippen molar-refractivity contribution in [1.82, 2.24) is 14.1 Å². The van der Waals surface area contributed by atoms with Crippen LogP contribution in [0.2, 0.25) is 0 Å². The standard InChI is InChI=1S/C53H50N4O2/c1-8-10-36(23-34(4)58-6)38-15-17-49-45(25-38)47-27-40-13-14-41-28-48-46-26-39(37-11-9-12-42(24-37)59-7)16-18-50(46)57(53-31-55-22-20-33(53)3)52(48)30-44(41)43(40)29-51(47)56(49)35(5)32(2)19-21-54/h8-12,15-31,34H,13-14,54H2,1-7H3/b10-8-,21-19-,35-32+,36-23+. The smallest absolute Gasteiger partial charge is 0.119 e. The second-order valence-corrected chi connectivity index (χ2v) is 15.8. The predicted octanol–water partition coefficient (Wildman–Crippen LogP) is 12.8. The van der Waals surface area contributed by atoms with Gasteiger partial charge in [0.1, 0.15) is 5.75 Å². The molecule has 3 heterocycles. The van der Waals surface area contributed by atoms with Crippen LogP contribution in [-0.4, -0.2) is 34.4 Å². The molecule has 0 bridgehead atoms. The van der Waals surface area contributed by atoms with Gasteiger partial charge in [0.05, 0.1) is 47.2 Å². The van der Waals surface area contributed by atoms with Crippen molar-refractivity contribution in [2.24, 2.45) is 5.73 Å². The minimum absolute atomic E-state index is 0.0107. The zero-order chi connectivity index (χ0) is 40.9. The number of nitrogens with zero attached hydrogens (tertiary/aromatic N) is 3. The molecule has 59 heavy (non-hydrogen) atoms. The summed E-state index contributed by atoms with van der Waals surface area (Å²) in [5.74, 6) is 0.848. The highest BCUT2D eigenvalue weighted by Crippen LogP contribution is 2.45. The summed E-state index contributed by atoms with van der Waals surface area (Å²) >= 11 is 0. The molecule has 2 N–H and O–H groups in total. The Bertz CT molecular complexity index is 3100. The highest BCUT2D eigenvalue weighted by molar-refractivity contribution is 6.14. The van der Waals surface area contributed by atoms with Crippen LogP contribution >= 0.6 is 0 Å². The lowest BCUT2D eigenvalue weighted by atomic mass is 9.84. The number of rotatable bonds is 9. The number of fused-ring (bicyclic) bond motifs is 9. The molecule has 0 spiro atoms. The van der Waals surface area contributed by atoms with Crippen molar-refractivity contribution < 1.29 is 9.47 Å². The van der Waals surface area contributed by atoms with E-state index in [-0.39, 0.29) is 6.10 Å². The molecule has 1 aliphatic rings. The quantitative estimate of drug-likeness (QED) is 0.148. The zero-order valence-electron chi connectivity index (χ0n) is 34.9. The maximum Gasteiger partial charge on any atom is 0.119 e. The lowest BCUT2D eigenvalue weighted by Gasteiger charge is -2.22. The average molecular weight is 775 g/mol. The number of hydrogen-bond acceptors (Lipinski definition) is 4. The number of pyridine rings is 1. The average Bonchev–Trinajstić information content (AvgIpc) is 3.75. The Morgan fingerprint density at radius 1 is 0.763 bits per heavy atom. The van der Waals surface area contributed by atoms with E-state index in [0.717, 1.165) is 63.3 Å². The van der Waals surface area contributed by atoms with Gasteiger partial charge in [-0.2, -0.15) is 0 Å².